The summed E-state index contributed by atoms with van der Waals surface area (Å²) < 4.78 is 0. The molecule has 0 bridgehead atoms. The van der Waals surface area contributed by atoms with Crippen LogP contribution in [0.1, 0.15) is 10.4 Å². The molecule has 0 saturated heterocycles. The van der Waals surface area contributed by atoms with E-state index >= 15 is 0 Å². The molecule has 0 aliphatic rings. The highest BCUT2D eigenvalue weighted by atomic mass is 32.1. The standard InChI is InChI=1S/C10H12N4OS/c1-7-5-9(14(15)13-10(7)11)12-6-8-3-2-4-16-8/h2-5,15H,6H2,1H3,(H2,11,13). The lowest BCUT2D eigenvalue weighted by Gasteiger charge is -2.01. The van der Waals surface area contributed by atoms with Gasteiger partial charge in [-0.25, -0.2) is 0 Å². The zero-order valence-corrected chi connectivity index (χ0v) is 9.61. The number of aryl methyl sites for hydroxylation is 1. The molecule has 0 saturated carbocycles. The van der Waals surface area contributed by atoms with Crippen molar-refractivity contribution in [3.05, 3.63) is 39.5 Å². The average Bonchev–Trinajstić information content (AvgIpc) is 2.74. The van der Waals surface area contributed by atoms with Gasteiger partial charge in [0, 0.05) is 4.88 Å². The largest absolute Gasteiger partial charge is 0.410 e. The van der Waals surface area contributed by atoms with Crippen molar-refractivity contribution in [2.75, 3.05) is 5.73 Å². The third-order valence-corrected chi connectivity index (χ3v) is 3.00. The predicted octanol–water partition coefficient (Wildman–Crippen LogP) is 1.17. The van der Waals surface area contributed by atoms with Gasteiger partial charge in [0.05, 0.1) is 6.54 Å². The Morgan fingerprint density at radius 2 is 2.44 bits per heavy atom. The zero-order valence-electron chi connectivity index (χ0n) is 8.79. The number of thiophene rings is 1. The number of nitrogens with zero attached hydrogens (tertiary/aromatic N) is 3. The molecule has 0 amide bonds. The maximum atomic E-state index is 9.48. The Labute approximate surface area is 96.5 Å². The van der Waals surface area contributed by atoms with Crippen LogP contribution in [-0.4, -0.2) is 15.2 Å². The van der Waals surface area contributed by atoms with Crippen LogP contribution in [-0.2, 0) is 6.54 Å². The van der Waals surface area contributed by atoms with Crippen molar-refractivity contribution in [2.24, 2.45) is 4.99 Å². The first-order chi connectivity index (χ1) is 7.66. The molecule has 0 atom stereocenters. The minimum absolute atomic E-state index is 0.303. The van der Waals surface area contributed by atoms with Crippen LogP contribution >= 0.6 is 11.3 Å². The average molecular weight is 236 g/mol. The molecular formula is C10H12N4OS. The van der Waals surface area contributed by atoms with Gasteiger partial charge in [0.25, 0.3) is 0 Å². The third-order valence-electron chi connectivity index (χ3n) is 2.13. The van der Waals surface area contributed by atoms with Crippen LogP contribution < -0.4 is 11.2 Å². The van der Waals surface area contributed by atoms with Gasteiger partial charge in [0.15, 0.2) is 11.3 Å². The molecule has 84 valence electrons. The van der Waals surface area contributed by atoms with Gasteiger partial charge in [0.2, 0.25) is 0 Å². The number of aromatic nitrogens is 2. The molecule has 0 radical (unpaired) electrons. The summed E-state index contributed by atoms with van der Waals surface area (Å²) in [7, 11) is 0. The summed E-state index contributed by atoms with van der Waals surface area (Å²) in [6.45, 7) is 2.36. The van der Waals surface area contributed by atoms with Gasteiger partial charge in [-0.1, -0.05) is 10.9 Å². The van der Waals surface area contributed by atoms with Crippen molar-refractivity contribution in [3.8, 4) is 0 Å². The van der Waals surface area contributed by atoms with Crippen LogP contribution in [0.5, 0.6) is 0 Å². The summed E-state index contributed by atoms with van der Waals surface area (Å²) in [6, 6.07) is 5.67. The van der Waals surface area contributed by atoms with Gasteiger partial charge in [-0.2, -0.15) is 0 Å². The molecule has 0 fully saturated rings. The molecule has 2 aromatic rings. The van der Waals surface area contributed by atoms with E-state index in [0.29, 0.717) is 22.7 Å². The molecule has 2 heterocycles. The first-order valence-electron chi connectivity index (χ1n) is 4.75. The van der Waals surface area contributed by atoms with E-state index in [1.54, 1.807) is 17.4 Å². The maximum Gasteiger partial charge on any atom is 0.186 e. The smallest absolute Gasteiger partial charge is 0.186 e. The fourth-order valence-electron chi connectivity index (χ4n) is 1.23. The molecular weight excluding hydrogens is 224 g/mol. The van der Waals surface area contributed by atoms with E-state index < -0.39 is 0 Å². The first-order valence-corrected chi connectivity index (χ1v) is 5.63. The number of rotatable bonds is 2. The van der Waals surface area contributed by atoms with Crippen molar-refractivity contribution >= 4 is 17.2 Å². The van der Waals surface area contributed by atoms with Crippen molar-refractivity contribution in [1.29, 1.82) is 0 Å². The molecule has 0 aliphatic heterocycles. The van der Waals surface area contributed by atoms with E-state index in [9.17, 15) is 5.21 Å². The Balaban J connectivity index is 2.33. The highest BCUT2D eigenvalue weighted by molar-refractivity contribution is 7.09. The molecule has 2 aromatic heterocycles. The third kappa shape index (κ3) is 2.22. The zero-order chi connectivity index (χ0) is 11.5. The fourth-order valence-corrected chi connectivity index (χ4v) is 1.86. The second kappa shape index (κ2) is 4.36. The number of nitrogens with two attached hydrogens (primary N) is 1. The molecule has 6 heteroatoms. The summed E-state index contributed by atoms with van der Waals surface area (Å²) in [6.07, 6.45) is 0. The minimum atomic E-state index is 0.303. The molecule has 0 aliphatic carbocycles. The normalized spacial score (nSPS) is 11.9. The lowest BCUT2D eigenvalue weighted by molar-refractivity contribution is 0.132. The van der Waals surface area contributed by atoms with Gasteiger partial charge < -0.3 is 10.9 Å². The van der Waals surface area contributed by atoms with E-state index in [2.05, 4.69) is 10.1 Å². The summed E-state index contributed by atoms with van der Waals surface area (Å²) in [5, 5.41) is 15.2. The molecule has 0 spiro atoms. The molecule has 16 heavy (non-hydrogen) atoms. The van der Waals surface area contributed by atoms with Gasteiger partial charge in [0.1, 0.15) is 0 Å². The lowest BCUT2D eigenvalue weighted by atomic mass is 10.3. The van der Waals surface area contributed by atoms with Gasteiger partial charge >= 0.3 is 0 Å². The van der Waals surface area contributed by atoms with Gasteiger partial charge in [-0.3, -0.25) is 4.99 Å². The van der Waals surface area contributed by atoms with E-state index in [-0.39, 0.29) is 0 Å². The number of nitrogen functional groups attached to an aromatic ring is 1. The van der Waals surface area contributed by atoms with Crippen LogP contribution in [0.15, 0.2) is 28.6 Å². The lowest BCUT2D eigenvalue weighted by Crippen LogP contribution is -2.23. The Morgan fingerprint density at radius 3 is 3.12 bits per heavy atom. The Morgan fingerprint density at radius 1 is 1.62 bits per heavy atom. The summed E-state index contributed by atoms with van der Waals surface area (Å²) in [5.41, 5.74) is 6.75. The Bertz CT molecular complexity index is 544. The van der Waals surface area contributed by atoms with Crippen LogP contribution in [0.25, 0.3) is 0 Å². The molecule has 5 nitrogen and oxygen atoms in total. The quantitative estimate of drug-likeness (QED) is 0.768. The van der Waals surface area contributed by atoms with E-state index in [1.807, 2.05) is 24.4 Å². The van der Waals surface area contributed by atoms with Gasteiger partial charge in [-0.05, 0) is 30.0 Å². The molecule has 3 N–H and O–H groups in total. The van der Waals surface area contributed by atoms with Crippen molar-refractivity contribution < 1.29 is 5.21 Å². The van der Waals surface area contributed by atoms with E-state index in [0.717, 1.165) is 10.4 Å². The Kier molecular flexibility index (Phi) is 2.91. The predicted molar refractivity (Wildman–Crippen MR) is 62.1 cm³/mol. The monoisotopic (exact) mass is 236 g/mol. The highest BCUT2D eigenvalue weighted by Gasteiger charge is 1.99. The number of anilines is 1. The van der Waals surface area contributed by atoms with Crippen LogP contribution in [0.3, 0.4) is 0 Å². The minimum Gasteiger partial charge on any atom is -0.410 e. The topological polar surface area (TPSA) is 76.4 Å². The number of hydrogen-bond acceptors (Lipinski definition) is 5. The molecule has 0 aromatic carbocycles. The fraction of sp³-hybridized carbons (Fsp3) is 0.200. The van der Waals surface area contributed by atoms with Crippen molar-refractivity contribution in [2.45, 2.75) is 13.5 Å². The maximum absolute atomic E-state index is 9.48. The van der Waals surface area contributed by atoms with Crippen molar-refractivity contribution in [1.82, 2.24) is 9.94 Å². The summed E-state index contributed by atoms with van der Waals surface area (Å²) in [5.74, 6) is 0.303. The molecule has 0 unspecified atom stereocenters. The van der Waals surface area contributed by atoms with E-state index in [4.69, 9.17) is 5.73 Å². The first kappa shape index (κ1) is 10.7. The van der Waals surface area contributed by atoms with Crippen LogP contribution in [0.2, 0.25) is 0 Å². The summed E-state index contributed by atoms with van der Waals surface area (Å²) >= 11 is 1.63. The SMILES string of the molecule is Cc1cc(=NCc2cccs2)n(O)nc1N. The second-order valence-corrected chi connectivity index (χ2v) is 4.39. The van der Waals surface area contributed by atoms with Gasteiger partial charge in [-0.15, -0.1) is 16.4 Å². The molecule has 2 rings (SSSR count). The van der Waals surface area contributed by atoms with Crippen molar-refractivity contribution in [3.63, 3.8) is 0 Å². The second-order valence-electron chi connectivity index (χ2n) is 3.36. The highest BCUT2D eigenvalue weighted by Crippen LogP contribution is 2.09. The summed E-state index contributed by atoms with van der Waals surface area (Å²) in [4.78, 5) is 6.09. The van der Waals surface area contributed by atoms with E-state index in [1.165, 1.54) is 0 Å². The number of hydrogen-bond donors (Lipinski definition) is 2. The van der Waals surface area contributed by atoms with Crippen LogP contribution in [0, 0.1) is 6.92 Å². The Hall–Kier alpha value is -1.82. The van der Waals surface area contributed by atoms with Crippen LogP contribution in [0.4, 0.5) is 5.82 Å².